The molecule has 1 heterocycles. The molecule has 0 aromatic carbocycles. The van der Waals surface area contributed by atoms with Gasteiger partial charge in [-0.05, 0) is 32.6 Å². The summed E-state index contributed by atoms with van der Waals surface area (Å²) in [7, 11) is -3.78. The van der Waals surface area contributed by atoms with E-state index in [0.29, 0.717) is 19.3 Å². The number of morpholine rings is 1. The third-order valence-corrected chi connectivity index (χ3v) is 6.09. The number of alkyl halides is 3. The lowest BCUT2D eigenvalue weighted by atomic mass is 9.79. The molecule has 0 bridgehead atoms. The standard InChI is InChI=1S/C14H25F3N2O3S/c1-10-8-19(9-11(2)22-10)23(20,21)18-7-12-5-3-4-6-13(12)14(15,16)17/h10-13,18H,3-9H2,1-2H3/t10-,11+,12-,13+/m0/s1. The van der Waals surface area contributed by atoms with Gasteiger partial charge in [-0.2, -0.15) is 25.9 Å². The van der Waals surface area contributed by atoms with Crippen LogP contribution in [0, 0.1) is 11.8 Å². The van der Waals surface area contributed by atoms with Crippen molar-refractivity contribution in [3.8, 4) is 0 Å². The molecule has 2 rings (SSSR count). The zero-order chi connectivity index (χ0) is 17.3. The maximum atomic E-state index is 13.1. The van der Waals surface area contributed by atoms with Gasteiger partial charge < -0.3 is 4.74 Å². The Morgan fingerprint density at radius 3 is 2.26 bits per heavy atom. The van der Waals surface area contributed by atoms with E-state index in [4.69, 9.17) is 4.74 Å². The minimum atomic E-state index is -4.27. The Hall–Kier alpha value is -0.380. The quantitative estimate of drug-likeness (QED) is 0.839. The average molecular weight is 358 g/mol. The summed E-state index contributed by atoms with van der Waals surface area (Å²) in [4.78, 5) is 0. The molecule has 0 aromatic heterocycles. The predicted molar refractivity (Wildman–Crippen MR) is 80.0 cm³/mol. The number of nitrogens with zero attached hydrogens (tertiary/aromatic N) is 1. The lowest BCUT2D eigenvalue weighted by Gasteiger charge is -2.36. The summed E-state index contributed by atoms with van der Waals surface area (Å²) < 4.78 is 73.0. The lowest BCUT2D eigenvalue weighted by molar-refractivity contribution is -0.195. The van der Waals surface area contributed by atoms with Gasteiger partial charge in [0.05, 0.1) is 18.1 Å². The maximum Gasteiger partial charge on any atom is 0.392 e. The Kier molecular flexibility index (Phi) is 5.97. The highest BCUT2D eigenvalue weighted by Gasteiger charge is 2.45. The van der Waals surface area contributed by atoms with Gasteiger partial charge in [0, 0.05) is 19.6 Å². The van der Waals surface area contributed by atoms with Crippen LogP contribution in [0.5, 0.6) is 0 Å². The fraction of sp³-hybridized carbons (Fsp3) is 1.00. The van der Waals surface area contributed by atoms with E-state index in [-0.39, 0.29) is 38.3 Å². The Morgan fingerprint density at radius 2 is 1.70 bits per heavy atom. The van der Waals surface area contributed by atoms with Gasteiger partial charge in [-0.3, -0.25) is 0 Å². The molecule has 5 nitrogen and oxygen atoms in total. The lowest BCUT2D eigenvalue weighted by Crippen LogP contribution is -2.53. The topological polar surface area (TPSA) is 58.6 Å². The monoisotopic (exact) mass is 358 g/mol. The average Bonchev–Trinajstić information content (AvgIpc) is 2.43. The smallest absolute Gasteiger partial charge is 0.373 e. The molecule has 0 amide bonds. The van der Waals surface area contributed by atoms with Crippen LogP contribution in [0.4, 0.5) is 13.2 Å². The molecular weight excluding hydrogens is 333 g/mol. The van der Waals surface area contributed by atoms with Crippen molar-refractivity contribution < 1.29 is 26.3 Å². The summed E-state index contributed by atoms with van der Waals surface area (Å²) in [5.41, 5.74) is 0. The van der Waals surface area contributed by atoms with Crippen molar-refractivity contribution >= 4 is 10.2 Å². The molecule has 1 N–H and O–H groups in total. The number of ether oxygens (including phenoxy) is 1. The third-order valence-electron chi connectivity index (χ3n) is 4.58. The zero-order valence-electron chi connectivity index (χ0n) is 13.5. The first kappa shape index (κ1) is 19.0. The van der Waals surface area contributed by atoms with E-state index in [1.807, 2.05) is 0 Å². The van der Waals surface area contributed by atoms with E-state index in [1.165, 1.54) is 4.31 Å². The van der Waals surface area contributed by atoms with Gasteiger partial charge in [-0.25, -0.2) is 4.72 Å². The highest BCUT2D eigenvalue weighted by molar-refractivity contribution is 7.87. The molecule has 136 valence electrons. The second-order valence-corrected chi connectivity index (χ2v) is 8.38. The summed E-state index contributed by atoms with van der Waals surface area (Å²) in [6, 6.07) is 0. The van der Waals surface area contributed by atoms with Crippen molar-refractivity contribution in [1.29, 1.82) is 0 Å². The summed E-state index contributed by atoms with van der Waals surface area (Å²) in [5, 5.41) is 0. The van der Waals surface area contributed by atoms with Gasteiger partial charge in [-0.1, -0.05) is 12.8 Å². The second kappa shape index (κ2) is 7.25. The molecule has 0 unspecified atom stereocenters. The van der Waals surface area contributed by atoms with Crippen LogP contribution in [0.3, 0.4) is 0 Å². The van der Waals surface area contributed by atoms with Gasteiger partial charge in [0.25, 0.3) is 10.2 Å². The van der Waals surface area contributed by atoms with Crippen LogP contribution in [0.15, 0.2) is 0 Å². The van der Waals surface area contributed by atoms with Crippen molar-refractivity contribution in [2.75, 3.05) is 19.6 Å². The molecule has 1 aliphatic heterocycles. The Labute approximate surface area is 135 Å². The number of rotatable bonds is 4. The minimum absolute atomic E-state index is 0.0848. The first-order valence-corrected chi connectivity index (χ1v) is 9.50. The zero-order valence-corrected chi connectivity index (χ0v) is 14.3. The number of nitrogens with one attached hydrogen (secondary N) is 1. The van der Waals surface area contributed by atoms with Crippen LogP contribution in [0.2, 0.25) is 0 Å². The van der Waals surface area contributed by atoms with Crippen molar-refractivity contribution in [3.05, 3.63) is 0 Å². The van der Waals surface area contributed by atoms with E-state index in [1.54, 1.807) is 13.8 Å². The largest absolute Gasteiger partial charge is 0.392 e. The molecule has 23 heavy (non-hydrogen) atoms. The number of hydrogen-bond acceptors (Lipinski definition) is 3. The Morgan fingerprint density at radius 1 is 1.13 bits per heavy atom. The fourth-order valence-electron chi connectivity index (χ4n) is 3.51. The molecule has 1 saturated carbocycles. The van der Waals surface area contributed by atoms with Crippen LogP contribution in [-0.2, 0) is 14.9 Å². The van der Waals surface area contributed by atoms with Crippen LogP contribution in [0.1, 0.15) is 39.5 Å². The van der Waals surface area contributed by atoms with Crippen LogP contribution >= 0.6 is 0 Å². The molecule has 4 atom stereocenters. The number of halogens is 3. The molecule has 9 heteroatoms. The third kappa shape index (κ3) is 5.04. The van der Waals surface area contributed by atoms with Crippen molar-refractivity contribution in [1.82, 2.24) is 9.03 Å². The normalized spacial score (nSPS) is 34.5. The van der Waals surface area contributed by atoms with E-state index in [9.17, 15) is 21.6 Å². The summed E-state index contributed by atoms with van der Waals surface area (Å²) in [6.07, 6.45) is -2.97. The molecule has 2 aliphatic rings. The van der Waals surface area contributed by atoms with Crippen LogP contribution in [0.25, 0.3) is 0 Å². The Balaban J connectivity index is 1.97. The van der Waals surface area contributed by atoms with Crippen molar-refractivity contribution in [2.45, 2.75) is 57.9 Å². The number of hydrogen-bond donors (Lipinski definition) is 1. The van der Waals surface area contributed by atoms with E-state index >= 15 is 0 Å². The SMILES string of the molecule is C[C@@H]1CN(S(=O)(=O)NC[C@@H]2CCCC[C@H]2C(F)(F)F)C[C@H](C)O1. The maximum absolute atomic E-state index is 13.1. The van der Waals surface area contributed by atoms with Crippen LogP contribution < -0.4 is 4.72 Å². The first-order chi connectivity index (χ1) is 10.6. The summed E-state index contributed by atoms with van der Waals surface area (Å²) in [5.74, 6) is -2.10. The molecular formula is C14H25F3N2O3S. The van der Waals surface area contributed by atoms with E-state index < -0.39 is 28.2 Å². The fourth-order valence-corrected chi connectivity index (χ4v) is 4.93. The highest BCUT2D eigenvalue weighted by atomic mass is 32.2. The predicted octanol–water partition coefficient (Wildman–Crippen LogP) is 2.30. The van der Waals surface area contributed by atoms with Crippen molar-refractivity contribution in [3.63, 3.8) is 0 Å². The summed E-state index contributed by atoms with van der Waals surface area (Å²) >= 11 is 0. The molecule has 1 aliphatic carbocycles. The minimum Gasteiger partial charge on any atom is -0.373 e. The Bertz CT molecular complexity index is 488. The van der Waals surface area contributed by atoms with E-state index in [2.05, 4.69) is 4.72 Å². The highest BCUT2D eigenvalue weighted by Crippen LogP contribution is 2.41. The summed E-state index contributed by atoms with van der Waals surface area (Å²) in [6.45, 7) is 3.82. The molecule has 1 saturated heterocycles. The molecule has 2 fully saturated rings. The van der Waals surface area contributed by atoms with Gasteiger partial charge in [0.1, 0.15) is 0 Å². The second-order valence-electron chi connectivity index (χ2n) is 6.62. The first-order valence-electron chi connectivity index (χ1n) is 8.06. The van der Waals surface area contributed by atoms with Gasteiger partial charge in [0.15, 0.2) is 0 Å². The van der Waals surface area contributed by atoms with Gasteiger partial charge in [-0.15, -0.1) is 0 Å². The van der Waals surface area contributed by atoms with Crippen LogP contribution in [-0.4, -0.2) is 50.7 Å². The molecule has 0 aromatic rings. The van der Waals surface area contributed by atoms with Gasteiger partial charge in [0.2, 0.25) is 0 Å². The van der Waals surface area contributed by atoms with Crippen molar-refractivity contribution in [2.24, 2.45) is 11.8 Å². The molecule has 0 spiro atoms. The van der Waals surface area contributed by atoms with E-state index in [0.717, 1.165) is 0 Å². The molecule has 0 radical (unpaired) electrons. The van der Waals surface area contributed by atoms with Gasteiger partial charge >= 0.3 is 6.18 Å².